The number of carbonyl (C=O) groups excluding carboxylic acids is 2. The Kier molecular flexibility index (Phi) is 4.51. The van der Waals surface area contributed by atoms with Crippen molar-refractivity contribution in [2.24, 2.45) is 5.73 Å². The van der Waals surface area contributed by atoms with E-state index in [1.807, 2.05) is 0 Å². The zero-order valence-corrected chi connectivity index (χ0v) is 11.1. The van der Waals surface area contributed by atoms with Crippen LogP contribution in [0.3, 0.4) is 0 Å². The first kappa shape index (κ1) is 13.5. The lowest BCUT2D eigenvalue weighted by atomic mass is 10.2. The number of primary amides is 1. The van der Waals surface area contributed by atoms with Crippen LogP contribution in [0.15, 0.2) is 22.7 Å². The molecule has 0 saturated carbocycles. The van der Waals surface area contributed by atoms with Gasteiger partial charge in [-0.25, -0.2) is 0 Å². The molecule has 0 saturated heterocycles. The fourth-order valence-electron chi connectivity index (χ4n) is 1.16. The Morgan fingerprint density at radius 3 is 2.59 bits per heavy atom. The average Bonchev–Trinajstić information content (AvgIpc) is 2.28. The van der Waals surface area contributed by atoms with Crippen molar-refractivity contribution in [3.05, 3.63) is 28.2 Å². The van der Waals surface area contributed by atoms with Crippen LogP contribution in [0.25, 0.3) is 0 Å². The molecule has 0 spiro atoms. The fourth-order valence-corrected chi connectivity index (χ4v) is 1.70. The molecule has 6 heteroatoms. The van der Waals surface area contributed by atoms with E-state index < -0.39 is 11.9 Å². The number of halogens is 1. The smallest absolute Gasteiger partial charge is 0.251 e. The molecule has 0 aromatic heterocycles. The molecule has 1 aromatic carbocycles. The van der Waals surface area contributed by atoms with E-state index in [1.54, 1.807) is 18.2 Å². The maximum atomic E-state index is 11.7. The first-order valence-electron chi connectivity index (χ1n) is 4.89. The van der Waals surface area contributed by atoms with Gasteiger partial charge in [-0.05, 0) is 41.1 Å². The van der Waals surface area contributed by atoms with Crippen LogP contribution in [0.2, 0.25) is 0 Å². The van der Waals surface area contributed by atoms with Gasteiger partial charge < -0.3 is 15.8 Å². The monoisotopic (exact) mass is 300 g/mol. The Balaban J connectivity index is 2.83. The maximum Gasteiger partial charge on any atom is 0.251 e. The first-order chi connectivity index (χ1) is 7.95. The topological polar surface area (TPSA) is 81.4 Å². The van der Waals surface area contributed by atoms with E-state index in [-0.39, 0.29) is 5.91 Å². The summed E-state index contributed by atoms with van der Waals surface area (Å²) in [5.74, 6) is -0.310. The molecule has 0 aliphatic carbocycles. The molecule has 1 rings (SSSR count). The summed E-state index contributed by atoms with van der Waals surface area (Å²) in [5, 5.41) is 2.49. The van der Waals surface area contributed by atoms with Crippen LogP contribution in [0.4, 0.5) is 0 Å². The van der Waals surface area contributed by atoms with Gasteiger partial charge in [-0.1, -0.05) is 0 Å². The van der Waals surface area contributed by atoms with Gasteiger partial charge in [0.1, 0.15) is 11.8 Å². The van der Waals surface area contributed by atoms with E-state index in [4.69, 9.17) is 10.5 Å². The minimum atomic E-state index is -0.705. The summed E-state index contributed by atoms with van der Waals surface area (Å²) >= 11 is 3.27. The SMILES string of the molecule is COc1ccc(C(=O)N[C@H](C)C(N)=O)cc1Br. The predicted molar refractivity (Wildman–Crippen MR) is 66.8 cm³/mol. The highest BCUT2D eigenvalue weighted by Crippen LogP contribution is 2.25. The number of hydrogen-bond acceptors (Lipinski definition) is 3. The van der Waals surface area contributed by atoms with Crippen LogP contribution < -0.4 is 15.8 Å². The average molecular weight is 301 g/mol. The van der Waals surface area contributed by atoms with Crippen molar-refractivity contribution in [2.45, 2.75) is 13.0 Å². The molecule has 1 aromatic rings. The van der Waals surface area contributed by atoms with Crippen LogP contribution >= 0.6 is 15.9 Å². The lowest BCUT2D eigenvalue weighted by molar-refractivity contribution is -0.119. The quantitative estimate of drug-likeness (QED) is 0.872. The van der Waals surface area contributed by atoms with Gasteiger partial charge in [0.25, 0.3) is 5.91 Å². The summed E-state index contributed by atoms with van der Waals surface area (Å²) in [6.07, 6.45) is 0. The van der Waals surface area contributed by atoms with E-state index in [2.05, 4.69) is 21.2 Å². The molecule has 1 atom stereocenters. The van der Waals surface area contributed by atoms with E-state index in [1.165, 1.54) is 14.0 Å². The van der Waals surface area contributed by atoms with E-state index in [0.29, 0.717) is 15.8 Å². The van der Waals surface area contributed by atoms with Crippen LogP contribution in [-0.4, -0.2) is 25.0 Å². The molecule has 0 radical (unpaired) electrons. The molecular formula is C11H13BrN2O3. The van der Waals surface area contributed by atoms with Crippen molar-refractivity contribution in [3.63, 3.8) is 0 Å². The lowest BCUT2D eigenvalue weighted by Crippen LogP contribution is -2.42. The van der Waals surface area contributed by atoms with Crippen LogP contribution in [0.5, 0.6) is 5.75 Å². The number of benzene rings is 1. The summed E-state index contributed by atoms with van der Waals surface area (Å²) in [5.41, 5.74) is 5.48. The van der Waals surface area contributed by atoms with E-state index in [0.717, 1.165) is 0 Å². The second-order valence-electron chi connectivity index (χ2n) is 3.45. The lowest BCUT2D eigenvalue weighted by Gasteiger charge is -2.11. The summed E-state index contributed by atoms with van der Waals surface area (Å²) in [7, 11) is 1.54. The molecule has 5 nitrogen and oxygen atoms in total. The summed E-state index contributed by atoms with van der Waals surface area (Å²) in [6, 6.07) is 4.17. The van der Waals surface area contributed by atoms with Crippen molar-refractivity contribution >= 4 is 27.7 Å². The third-order valence-corrected chi connectivity index (χ3v) is 2.81. The van der Waals surface area contributed by atoms with Gasteiger partial charge in [-0.2, -0.15) is 0 Å². The Labute approximate surface area is 107 Å². The number of rotatable bonds is 4. The summed E-state index contributed by atoms with van der Waals surface area (Å²) in [4.78, 5) is 22.5. The molecule has 17 heavy (non-hydrogen) atoms. The fraction of sp³-hybridized carbons (Fsp3) is 0.273. The second-order valence-corrected chi connectivity index (χ2v) is 4.30. The molecule has 0 unspecified atom stereocenters. The van der Waals surface area contributed by atoms with Gasteiger partial charge in [0, 0.05) is 5.56 Å². The van der Waals surface area contributed by atoms with Crippen LogP contribution in [-0.2, 0) is 4.79 Å². The van der Waals surface area contributed by atoms with E-state index in [9.17, 15) is 9.59 Å². The first-order valence-corrected chi connectivity index (χ1v) is 5.68. The van der Waals surface area contributed by atoms with Gasteiger partial charge in [-0.15, -0.1) is 0 Å². The molecule has 0 aliphatic heterocycles. The Bertz CT molecular complexity index is 448. The minimum absolute atomic E-state index is 0.361. The largest absolute Gasteiger partial charge is 0.496 e. The number of carbonyl (C=O) groups is 2. The Morgan fingerprint density at radius 1 is 1.47 bits per heavy atom. The van der Waals surface area contributed by atoms with Gasteiger partial charge in [0.05, 0.1) is 11.6 Å². The molecule has 0 aliphatic rings. The van der Waals surface area contributed by atoms with Crippen molar-refractivity contribution in [3.8, 4) is 5.75 Å². The highest BCUT2D eigenvalue weighted by Gasteiger charge is 2.14. The standard InChI is InChI=1S/C11H13BrN2O3/c1-6(10(13)15)14-11(16)7-3-4-9(17-2)8(12)5-7/h3-6H,1-2H3,(H2,13,15)(H,14,16)/t6-/m1/s1. The number of hydrogen-bond donors (Lipinski definition) is 2. The third kappa shape index (κ3) is 3.45. The number of nitrogens with two attached hydrogens (primary N) is 1. The van der Waals surface area contributed by atoms with Gasteiger partial charge in [0.15, 0.2) is 0 Å². The summed E-state index contributed by atoms with van der Waals surface area (Å²) in [6.45, 7) is 1.53. The van der Waals surface area contributed by atoms with E-state index >= 15 is 0 Å². The maximum absolute atomic E-state index is 11.7. The van der Waals surface area contributed by atoms with Gasteiger partial charge in [0.2, 0.25) is 5.91 Å². The molecule has 0 fully saturated rings. The molecule has 0 heterocycles. The molecule has 92 valence electrons. The Morgan fingerprint density at radius 2 is 2.12 bits per heavy atom. The highest BCUT2D eigenvalue weighted by atomic mass is 79.9. The predicted octanol–water partition coefficient (Wildman–Crippen LogP) is 1.06. The molecular weight excluding hydrogens is 288 g/mol. The zero-order chi connectivity index (χ0) is 13.0. The van der Waals surface area contributed by atoms with Crippen molar-refractivity contribution in [1.29, 1.82) is 0 Å². The van der Waals surface area contributed by atoms with Crippen LogP contribution in [0, 0.1) is 0 Å². The normalized spacial score (nSPS) is 11.7. The van der Waals surface area contributed by atoms with Crippen molar-refractivity contribution < 1.29 is 14.3 Å². The Hall–Kier alpha value is -1.56. The molecule has 0 bridgehead atoms. The molecule has 3 N–H and O–H groups in total. The number of amides is 2. The number of ether oxygens (including phenoxy) is 1. The van der Waals surface area contributed by atoms with Gasteiger partial charge in [-0.3, -0.25) is 9.59 Å². The van der Waals surface area contributed by atoms with Crippen LogP contribution in [0.1, 0.15) is 17.3 Å². The van der Waals surface area contributed by atoms with Crippen molar-refractivity contribution in [2.75, 3.05) is 7.11 Å². The number of methoxy groups -OCH3 is 1. The van der Waals surface area contributed by atoms with Gasteiger partial charge >= 0.3 is 0 Å². The minimum Gasteiger partial charge on any atom is -0.496 e. The van der Waals surface area contributed by atoms with Crippen molar-refractivity contribution in [1.82, 2.24) is 5.32 Å². The zero-order valence-electron chi connectivity index (χ0n) is 9.49. The summed E-state index contributed by atoms with van der Waals surface area (Å²) < 4.78 is 5.71. The highest BCUT2D eigenvalue weighted by molar-refractivity contribution is 9.10. The molecule has 2 amide bonds. The number of nitrogens with one attached hydrogen (secondary N) is 1. The second kappa shape index (κ2) is 5.67. The third-order valence-electron chi connectivity index (χ3n) is 2.19.